The van der Waals surface area contributed by atoms with Gasteiger partial charge in [0.2, 0.25) is 0 Å². The average Bonchev–Trinajstić information content (AvgIpc) is 1.96. The number of carbonyl (C=O) groups is 1. The minimum Gasteiger partial charge on any atom is -0.505 e. The highest BCUT2D eigenvalue weighted by atomic mass is 19.1. The van der Waals surface area contributed by atoms with E-state index in [-0.39, 0.29) is 5.75 Å². The topological polar surface area (TPSA) is 46.5 Å². The molecule has 3 nitrogen and oxygen atoms in total. The second-order valence-corrected chi connectivity index (χ2v) is 2.21. The van der Waals surface area contributed by atoms with Crippen molar-refractivity contribution in [2.75, 3.05) is 0 Å². The molecular weight excluding hydrogens is 163 g/mol. The lowest BCUT2D eigenvalue weighted by Crippen LogP contribution is -2.01. The lowest BCUT2D eigenvalue weighted by atomic mass is 10.3. The summed E-state index contributed by atoms with van der Waals surface area (Å²) in [5.74, 6) is -1.72. The minimum atomic E-state index is -0.811. The third kappa shape index (κ3) is 1.95. The van der Waals surface area contributed by atoms with Crippen LogP contribution >= 0.6 is 0 Å². The molecule has 0 spiro atoms. The van der Waals surface area contributed by atoms with Gasteiger partial charge in [-0.1, -0.05) is 0 Å². The number of aromatic hydroxyl groups is 1. The number of carbonyl (C=O) groups excluding carboxylic acids is 1. The molecule has 0 atom stereocenters. The fraction of sp³-hybridized carbons (Fsp3) is 0.125. The molecule has 0 aliphatic rings. The van der Waals surface area contributed by atoms with Crippen molar-refractivity contribution in [2.45, 2.75) is 6.92 Å². The molecule has 0 saturated carbocycles. The van der Waals surface area contributed by atoms with Gasteiger partial charge in [-0.05, 0) is 12.1 Å². The first-order valence-corrected chi connectivity index (χ1v) is 3.26. The third-order valence-corrected chi connectivity index (χ3v) is 1.18. The number of hydrogen-bond donors (Lipinski definition) is 1. The Bertz CT molecular complexity index is 309. The van der Waals surface area contributed by atoms with Gasteiger partial charge >= 0.3 is 5.97 Å². The first kappa shape index (κ1) is 8.52. The molecule has 0 aliphatic carbocycles. The lowest BCUT2D eigenvalue weighted by molar-refractivity contribution is -0.131. The standard InChI is InChI=1S/C8H7FO3/c1-5(10)12-6-2-3-8(11)7(9)4-6/h2-4,11H,1H3. The van der Waals surface area contributed by atoms with Crippen molar-refractivity contribution >= 4 is 5.97 Å². The van der Waals surface area contributed by atoms with Gasteiger partial charge in [-0.25, -0.2) is 4.39 Å². The molecule has 0 unspecified atom stereocenters. The van der Waals surface area contributed by atoms with Gasteiger partial charge in [0.25, 0.3) is 0 Å². The summed E-state index contributed by atoms with van der Waals surface area (Å²) in [5.41, 5.74) is 0. The predicted molar refractivity (Wildman–Crippen MR) is 39.4 cm³/mol. The molecule has 12 heavy (non-hydrogen) atoms. The van der Waals surface area contributed by atoms with Crippen molar-refractivity contribution < 1.29 is 19.0 Å². The van der Waals surface area contributed by atoms with E-state index in [0.29, 0.717) is 0 Å². The number of rotatable bonds is 1. The Labute approximate surface area is 68.4 Å². The maximum Gasteiger partial charge on any atom is 0.308 e. The predicted octanol–water partition coefficient (Wildman–Crippen LogP) is 1.46. The summed E-state index contributed by atoms with van der Waals surface area (Å²) in [7, 11) is 0. The minimum absolute atomic E-state index is 0.0813. The van der Waals surface area contributed by atoms with E-state index in [0.717, 1.165) is 12.1 Å². The van der Waals surface area contributed by atoms with Crippen molar-refractivity contribution in [3.8, 4) is 11.5 Å². The highest BCUT2D eigenvalue weighted by Gasteiger charge is 2.03. The molecule has 64 valence electrons. The fourth-order valence-electron chi connectivity index (χ4n) is 0.717. The number of phenolic OH excluding ortho intramolecular Hbond substituents is 1. The van der Waals surface area contributed by atoms with Crippen molar-refractivity contribution in [2.24, 2.45) is 0 Å². The molecule has 1 rings (SSSR count). The molecule has 0 saturated heterocycles. The van der Waals surface area contributed by atoms with Gasteiger partial charge in [0.15, 0.2) is 11.6 Å². The van der Waals surface area contributed by atoms with Gasteiger partial charge in [-0.3, -0.25) is 4.79 Å². The second kappa shape index (κ2) is 3.21. The summed E-state index contributed by atoms with van der Waals surface area (Å²) >= 11 is 0. The smallest absolute Gasteiger partial charge is 0.308 e. The Kier molecular flexibility index (Phi) is 2.28. The zero-order valence-electron chi connectivity index (χ0n) is 6.37. The summed E-state index contributed by atoms with van der Waals surface area (Å²) in [6.45, 7) is 1.21. The van der Waals surface area contributed by atoms with Gasteiger partial charge < -0.3 is 9.84 Å². The van der Waals surface area contributed by atoms with Crippen LogP contribution in [0.1, 0.15) is 6.92 Å². The molecule has 0 fully saturated rings. The number of hydrogen-bond acceptors (Lipinski definition) is 3. The van der Waals surface area contributed by atoms with Crippen LogP contribution in [0.5, 0.6) is 11.5 Å². The van der Waals surface area contributed by atoms with Gasteiger partial charge in [-0.15, -0.1) is 0 Å². The van der Waals surface area contributed by atoms with Crippen LogP contribution in [-0.2, 0) is 4.79 Å². The van der Waals surface area contributed by atoms with Crippen LogP contribution in [0, 0.1) is 5.82 Å². The summed E-state index contributed by atoms with van der Waals surface area (Å²) in [4.78, 5) is 10.4. The summed E-state index contributed by atoms with van der Waals surface area (Å²) in [5, 5.41) is 8.76. The Morgan fingerprint density at radius 3 is 2.75 bits per heavy atom. The average molecular weight is 170 g/mol. The van der Waals surface area contributed by atoms with Crippen LogP contribution in [0.25, 0.3) is 0 Å². The first-order valence-electron chi connectivity index (χ1n) is 3.26. The van der Waals surface area contributed by atoms with E-state index in [2.05, 4.69) is 4.74 Å². The van der Waals surface area contributed by atoms with E-state index < -0.39 is 17.5 Å². The largest absolute Gasteiger partial charge is 0.505 e. The van der Waals surface area contributed by atoms with E-state index in [4.69, 9.17) is 5.11 Å². The van der Waals surface area contributed by atoms with Crippen LogP contribution < -0.4 is 4.74 Å². The normalized spacial score (nSPS) is 9.50. The van der Waals surface area contributed by atoms with E-state index in [1.165, 1.54) is 13.0 Å². The summed E-state index contributed by atoms with van der Waals surface area (Å²) in [6.07, 6.45) is 0. The molecule has 0 bridgehead atoms. The molecule has 1 aromatic carbocycles. The highest BCUT2D eigenvalue weighted by molar-refractivity contribution is 5.69. The van der Waals surface area contributed by atoms with Gasteiger partial charge in [0.1, 0.15) is 5.75 Å². The Balaban J connectivity index is 2.89. The van der Waals surface area contributed by atoms with Gasteiger partial charge in [-0.2, -0.15) is 0 Å². The van der Waals surface area contributed by atoms with E-state index >= 15 is 0 Å². The van der Waals surface area contributed by atoms with Crippen LogP contribution in [-0.4, -0.2) is 11.1 Å². The van der Waals surface area contributed by atoms with Gasteiger partial charge in [0.05, 0.1) is 0 Å². The van der Waals surface area contributed by atoms with Crippen LogP contribution in [0.4, 0.5) is 4.39 Å². The summed E-state index contributed by atoms with van der Waals surface area (Å²) in [6, 6.07) is 3.37. The lowest BCUT2D eigenvalue weighted by Gasteiger charge is -2.00. The number of benzene rings is 1. The van der Waals surface area contributed by atoms with Crippen molar-refractivity contribution in [3.05, 3.63) is 24.0 Å². The summed E-state index contributed by atoms with van der Waals surface area (Å²) < 4.78 is 17.1. The molecular formula is C8H7FO3. The Hall–Kier alpha value is -1.58. The van der Waals surface area contributed by atoms with Crippen molar-refractivity contribution in [1.29, 1.82) is 0 Å². The Morgan fingerprint density at radius 1 is 1.58 bits per heavy atom. The molecule has 0 amide bonds. The molecule has 0 heterocycles. The van der Waals surface area contributed by atoms with Crippen LogP contribution in [0.2, 0.25) is 0 Å². The van der Waals surface area contributed by atoms with Crippen molar-refractivity contribution in [3.63, 3.8) is 0 Å². The van der Waals surface area contributed by atoms with Crippen LogP contribution in [0.15, 0.2) is 18.2 Å². The zero-order valence-corrected chi connectivity index (χ0v) is 6.37. The fourth-order valence-corrected chi connectivity index (χ4v) is 0.717. The van der Waals surface area contributed by atoms with Gasteiger partial charge in [0, 0.05) is 13.0 Å². The van der Waals surface area contributed by atoms with E-state index in [9.17, 15) is 9.18 Å². The van der Waals surface area contributed by atoms with Crippen LogP contribution in [0.3, 0.4) is 0 Å². The number of halogens is 1. The maximum atomic E-state index is 12.6. The second-order valence-electron chi connectivity index (χ2n) is 2.21. The quantitative estimate of drug-likeness (QED) is 0.512. The molecule has 0 aliphatic heterocycles. The molecule has 0 radical (unpaired) electrons. The Morgan fingerprint density at radius 2 is 2.25 bits per heavy atom. The third-order valence-electron chi connectivity index (χ3n) is 1.18. The number of esters is 1. The monoisotopic (exact) mass is 170 g/mol. The zero-order chi connectivity index (χ0) is 9.14. The van der Waals surface area contributed by atoms with Crippen molar-refractivity contribution in [1.82, 2.24) is 0 Å². The SMILES string of the molecule is CC(=O)Oc1ccc(O)c(F)c1. The molecule has 4 heteroatoms. The number of ether oxygens (including phenoxy) is 1. The molecule has 1 aromatic rings. The maximum absolute atomic E-state index is 12.6. The highest BCUT2D eigenvalue weighted by Crippen LogP contribution is 2.20. The molecule has 0 aromatic heterocycles. The molecule has 1 N–H and O–H groups in total. The number of phenols is 1. The first-order chi connectivity index (χ1) is 5.59. The van der Waals surface area contributed by atoms with E-state index in [1.807, 2.05) is 0 Å². The van der Waals surface area contributed by atoms with E-state index in [1.54, 1.807) is 0 Å².